The van der Waals surface area contributed by atoms with Gasteiger partial charge in [0.15, 0.2) is 0 Å². The number of carbonyl (C=O) groups excluding carboxylic acids is 2. The fraction of sp³-hybridized carbons (Fsp3) is 0.368. The third kappa shape index (κ3) is 2.15. The smallest absolute Gasteiger partial charge is 0.373 e. The first-order valence-corrected chi connectivity index (χ1v) is 7.96. The molecule has 5 heteroatoms. The van der Waals surface area contributed by atoms with Gasteiger partial charge in [0.25, 0.3) is 0 Å². The van der Waals surface area contributed by atoms with E-state index < -0.39 is 11.4 Å². The molecule has 24 heavy (non-hydrogen) atoms. The molecule has 1 aliphatic heterocycles. The molecule has 5 nitrogen and oxygen atoms in total. The molecule has 0 amide bonds. The molecule has 0 N–H and O–H groups in total. The summed E-state index contributed by atoms with van der Waals surface area (Å²) < 4.78 is 15.5. The molecular formula is C19H18O5. The highest BCUT2D eigenvalue weighted by molar-refractivity contribution is 5.92. The second-order valence-corrected chi connectivity index (χ2v) is 6.73. The van der Waals surface area contributed by atoms with Crippen molar-refractivity contribution in [1.82, 2.24) is 0 Å². The minimum atomic E-state index is -0.502. The number of esters is 2. The quantitative estimate of drug-likeness (QED) is 0.640. The second-order valence-electron chi connectivity index (χ2n) is 6.73. The van der Waals surface area contributed by atoms with E-state index >= 15 is 0 Å². The molecule has 0 radical (unpaired) electrons. The molecule has 2 aromatic rings. The van der Waals surface area contributed by atoms with Crippen molar-refractivity contribution >= 4 is 22.9 Å². The van der Waals surface area contributed by atoms with E-state index in [1.54, 1.807) is 6.07 Å². The summed E-state index contributed by atoms with van der Waals surface area (Å²) in [4.78, 5) is 24.0. The molecule has 2 atom stereocenters. The molecule has 2 aliphatic rings. The van der Waals surface area contributed by atoms with Crippen LogP contribution in [0.25, 0.3) is 11.0 Å². The summed E-state index contributed by atoms with van der Waals surface area (Å²) in [7, 11) is 1.32. The number of benzene rings is 1. The maximum absolute atomic E-state index is 12.4. The van der Waals surface area contributed by atoms with E-state index in [9.17, 15) is 9.59 Å². The Kier molecular flexibility index (Phi) is 3.27. The van der Waals surface area contributed by atoms with Gasteiger partial charge in [-0.15, -0.1) is 0 Å². The summed E-state index contributed by atoms with van der Waals surface area (Å²) in [5.41, 5.74) is 2.28. The lowest BCUT2D eigenvalue weighted by atomic mass is 9.75. The Morgan fingerprint density at radius 1 is 1.42 bits per heavy atom. The van der Waals surface area contributed by atoms with Gasteiger partial charge in [0.05, 0.1) is 19.1 Å². The third-order valence-corrected chi connectivity index (χ3v) is 5.19. The van der Waals surface area contributed by atoms with Crippen LogP contribution in [-0.2, 0) is 20.7 Å². The lowest BCUT2D eigenvalue weighted by Crippen LogP contribution is -2.31. The summed E-state index contributed by atoms with van der Waals surface area (Å²) in [5, 5.41) is 0.823. The number of rotatable bonds is 3. The molecule has 1 saturated heterocycles. The maximum Gasteiger partial charge on any atom is 0.373 e. The largest absolute Gasteiger partial charge is 0.465 e. The zero-order valence-corrected chi connectivity index (χ0v) is 13.5. The van der Waals surface area contributed by atoms with Gasteiger partial charge >= 0.3 is 11.9 Å². The molecular weight excluding hydrogens is 308 g/mol. The van der Waals surface area contributed by atoms with Gasteiger partial charge in [-0.3, -0.25) is 4.79 Å². The van der Waals surface area contributed by atoms with Crippen LogP contribution in [0, 0.1) is 11.3 Å². The van der Waals surface area contributed by atoms with E-state index in [0.717, 1.165) is 22.9 Å². The van der Waals surface area contributed by atoms with Crippen LogP contribution in [0.2, 0.25) is 0 Å². The summed E-state index contributed by atoms with van der Waals surface area (Å²) >= 11 is 0. The lowest BCUT2D eigenvalue weighted by molar-refractivity contribution is -0.146. The van der Waals surface area contributed by atoms with Gasteiger partial charge in [0.1, 0.15) is 5.58 Å². The first-order valence-electron chi connectivity index (χ1n) is 7.96. The highest BCUT2D eigenvalue weighted by atomic mass is 16.5. The van der Waals surface area contributed by atoms with E-state index in [2.05, 4.69) is 11.3 Å². The van der Waals surface area contributed by atoms with E-state index in [-0.39, 0.29) is 17.6 Å². The Hall–Kier alpha value is -2.56. The van der Waals surface area contributed by atoms with Crippen LogP contribution >= 0.6 is 0 Å². The topological polar surface area (TPSA) is 65.7 Å². The van der Waals surface area contributed by atoms with Crippen LogP contribution in [0.4, 0.5) is 0 Å². The Bertz CT molecular complexity index is 862. The molecule has 1 aromatic carbocycles. The van der Waals surface area contributed by atoms with Crippen molar-refractivity contribution in [3.05, 3.63) is 47.7 Å². The van der Waals surface area contributed by atoms with Gasteiger partial charge in [0, 0.05) is 11.3 Å². The average molecular weight is 326 g/mol. The Labute approximate surface area is 139 Å². The van der Waals surface area contributed by atoms with Gasteiger partial charge in [-0.25, -0.2) is 4.79 Å². The predicted octanol–water partition coefficient (Wildman–Crippen LogP) is 3.27. The van der Waals surface area contributed by atoms with Crippen molar-refractivity contribution in [1.29, 1.82) is 0 Å². The van der Waals surface area contributed by atoms with Crippen LogP contribution in [-0.4, -0.2) is 25.7 Å². The summed E-state index contributed by atoms with van der Waals surface area (Å²) in [6.45, 7) is 4.55. The van der Waals surface area contributed by atoms with Crippen molar-refractivity contribution in [2.24, 2.45) is 11.3 Å². The number of carbonyl (C=O) groups is 2. The first-order chi connectivity index (χ1) is 11.5. The van der Waals surface area contributed by atoms with Crippen LogP contribution in [0.1, 0.15) is 29.0 Å². The number of furan rings is 1. The van der Waals surface area contributed by atoms with Crippen molar-refractivity contribution < 1.29 is 23.5 Å². The number of hydrogen-bond acceptors (Lipinski definition) is 5. The maximum atomic E-state index is 12.4. The molecule has 0 bridgehead atoms. The Morgan fingerprint density at radius 3 is 3.04 bits per heavy atom. The van der Waals surface area contributed by atoms with E-state index in [0.29, 0.717) is 25.0 Å². The molecule has 124 valence electrons. The van der Waals surface area contributed by atoms with Gasteiger partial charge in [-0.2, -0.15) is 0 Å². The molecule has 2 unspecified atom stereocenters. The zero-order valence-electron chi connectivity index (χ0n) is 13.5. The SMILES string of the molecule is C=C1CC2COC(=O)C2(Cc2ccc3oc(C(=O)OC)cc3c2)C1. The monoisotopic (exact) mass is 326 g/mol. The number of ether oxygens (including phenoxy) is 2. The Morgan fingerprint density at radius 2 is 2.25 bits per heavy atom. The molecule has 1 aromatic heterocycles. The van der Waals surface area contributed by atoms with Crippen LogP contribution < -0.4 is 0 Å². The van der Waals surface area contributed by atoms with Gasteiger partial charge in [-0.1, -0.05) is 18.2 Å². The zero-order chi connectivity index (χ0) is 16.9. The van der Waals surface area contributed by atoms with Crippen LogP contribution in [0.3, 0.4) is 0 Å². The molecule has 1 saturated carbocycles. The third-order valence-electron chi connectivity index (χ3n) is 5.19. The minimum absolute atomic E-state index is 0.117. The van der Waals surface area contributed by atoms with Crippen molar-refractivity contribution in [2.45, 2.75) is 19.3 Å². The predicted molar refractivity (Wildman–Crippen MR) is 86.5 cm³/mol. The second kappa shape index (κ2) is 5.23. The van der Waals surface area contributed by atoms with E-state index in [1.807, 2.05) is 18.2 Å². The first kappa shape index (κ1) is 15.0. The van der Waals surface area contributed by atoms with E-state index in [1.165, 1.54) is 7.11 Å². The van der Waals surface area contributed by atoms with E-state index in [4.69, 9.17) is 9.15 Å². The minimum Gasteiger partial charge on any atom is -0.465 e. The van der Waals surface area contributed by atoms with Gasteiger partial charge < -0.3 is 13.9 Å². The summed E-state index contributed by atoms with van der Waals surface area (Å²) in [6.07, 6.45) is 2.16. The summed E-state index contributed by atoms with van der Waals surface area (Å²) in [5.74, 6) is -0.232. The number of methoxy groups -OCH3 is 1. The molecule has 2 heterocycles. The van der Waals surface area contributed by atoms with Crippen LogP contribution in [0.5, 0.6) is 0 Å². The molecule has 0 spiro atoms. The number of cyclic esters (lactones) is 1. The van der Waals surface area contributed by atoms with Crippen LogP contribution in [0.15, 0.2) is 40.8 Å². The standard InChI is InChI=1S/C19H18O5/c1-11-5-14-10-23-18(21)19(14,8-11)9-12-3-4-15-13(6-12)7-16(24-15)17(20)22-2/h3-4,6-7,14H,1,5,8-10H2,2H3. The highest BCUT2D eigenvalue weighted by Crippen LogP contribution is 2.52. The normalized spacial score (nSPS) is 25.8. The highest BCUT2D eigenvalue weighted by Gasteiger charge is 2.55. The molecule has 1 aliphatic carbocycles. The van der Waals surface area contributed by atoms with Crippen molar-refractivity contribution in [2.75, 3.05) is 13.7 Å². The number of hydrogen-bond donors (Lipinski definition) is 0. The van der Waals surface area contributed by atoms with Crippen molar-refractivity contribution in [3.8, 4) is 0 Å². The molecule has 4 rings (SSSR count). The fourth-order valence-corrected chi connectivity index (χ4v) is 4.03. The molecule has 2 fully saturated rings. The summed E-state index contributed by atoms with van der Waals surface area (Å²) in [6, 6.07) is 7.39. The van der Waals surface area contributed by atoms with Crippen molar-refractivity contribution in [3.63, 3.8) is 0 Å². The lowest BCUT2D eigenvalue weighted by Gasteiger charge is -2.23. The number of allylic oxidation sites excluding steroid dienone is 1. The van der Waals surface area contributed by atoms with Gasteiger partial charge in [-0.05, 0) is 43.0 Å². The van der Waals surface area contributed by atoms with Gasteiger partial charge in [0.2, 0.25) is 5.76 Å². The average Bonchev–Trinajstić information content (AvgIpc) is 3.20. The Balaban J connectivity index is 1.68. The fourth-order valence-electron chi connectivity index (χ4n) is 4.03. The number of fused-ring (bicyclic) bond motifs is 2.